The van der Waals surface area contributed by atoms with E-state index >= 15 is 0 Å². The SMILES string of the molecule is COc1cc(C=CC(=O)OC[C@@]2(O)CO[C@@H](OC[C@H]3O[C@@H](Oc4ccc(CO)cc4O)[C@H](O)[C@@H](O)[C@@H]3O)[C@@H]2O)ccc1O. The van der Waals surface area contributed by atoms with Gasteiger partial charge in [0.25, 0.3) is 0 Å². The summed E-state index contributed by atoms with van der Waals surface area (Å²) < 4.78 is 31.8. The van der Waals surface area contributed by atoms with Gasteiger partial charge < -0.3 is 69.3 Å². The van der Waals surface area contributed by atoms with E-state index < -0.39 is 74.5 Å². The van der Waals surface area contributed by atoms with Crippen LogP contribution in [-0.2, 0) is 30.3 Å². The van der Waals surface area contributed by atoms with Crippen LogP contribution in [0, 0.1) is 0 Å². The Hall–Kier alpha value is -3.51. The van der Waals surface area contributed by atoms with E-state index in [0.717, 1.165) is 6.08 Å². The molecule has 0 aromatic heterocycles. The van der Waals surface area contributed by atoms with Crippen LogP contribution in [0.25, 0.3) is 6.08 Å². The molecule has 236 valence electrons. The Kier molecular flexibility index (Phi) is 10.4. The van der Waals surface area contributed by atoms with E-state index in [1.54, 1.807) is 0 Å². The summed E-state index contributed by atoms with van der Waals surface area (Å²) in [5.41, 5.74) is -1.12. The molecule has 2 aliphatic rings. The zero-order chi connectivity index (χ0) is 31.3. The number of hydrogen-bond acceptors (Lipinski definition) is 15. The molecule has 8 atom stereocenters. The molecule has 8 N–H and O–H groups in total. The van der Waals surface area contributed by atoms with Gasteiger partial charge in [-0.2, -0.15) is 0 Å². The number of hydrogen-bond donors (Lipinski definition) is 8. The van der Waals surface area contributed by atoms with Crippen LogP contribution < -0.4 is 9.47 Å². The smallest absolute Gasteiger partial charge is 0.330 e. The molecule has 2 fully saturated rings. The van der Waals surface area contributed by atoms with Gasteiger partial charge in [-0.05, 0) is 41.5 Å². The standard InChI is InChI=1S/C28H34O15/c1-38-19-9-14(2-5-16(19)30)4-7-21(32)40-12-28(37)13-41-27(25(28)36)39-11-20-22(33)23(34)24(35)26(43-20)42-18-6-3-15(10-29)8-17(18)31/h2-9,20,22-27,29-31,33-37H,10-13H2,1H3/t20-,22-,23+,24-,25+,26-,27-,28-/m1/s1. The zero-order valence-electron chi connectivity index (χ0n) is 22.9. The van der Waals surface area contributed by atoms with Crippen LogP contribution in [0.1, 0.15) is 11.1 Å². The molecule has 43 heavy (non-hydrogen) atoms. The van der Waals surface area contributed by atoms with Crippen LogP contribution in [0.5, 0.6) is 23.0 Å². The Balaban J connectivity index is 1.30. The molecule has 2 aliphatic heterocycles. The maximum atomic E-state index is 12.2. The highest BCUT2D eigenvalue weighted by molar-refractivity contribution is 5.87. The summed E-state index contributed by atoms with van der Waals surface area (Å²) in [5, 5.41) is 81.4. The van der Waals surface area contributed by atoms with Gasteiger partial charge >= 0.3 is 5.97 Å². The number of methoxy groups -OCH3 is 1. The third kappa shape index (κ3) is 7.53. The van der Waals surface area contributed by atoms with Gasteiger partial charge in [0.05, 0.1) is 26.9 Å². The number of carbonyl (C=O) groups is 1. The van der Waals surface area contributed by atoms with Crippen LogP contribution in [0.2, 0.25) is 0 Å². The summed E-state index contributed by atoms with van der Waals surface area (Å²) in [6.45, 7) is -1.97. The predicted molar refractivity (Wildman–Crippen MR) is 143 cm³/mol. The Labute approximate surface area is 245 Å². The fraction of sp³-hybridized carbons (Fsp3) is 0.464. The predicted octanol–water partition coefficient (Wildman–Crippen LogP) is -1.49. The normalized spacial score (nSPS) is 30.8. The van der Waals surface area contributed by atoms with Crippen molar-refractivity contribution in [1.29, 1.82) is 0 Å². The van der Waals surface area contributed by atoms with Gasteiger partial charge in [-0.15, -0.1) is 0 Å². The van der Waals surface area contributed by atoms with E-state index in [0.29, 0.717) is 11.1 Å². The molecule has 2 saturated heterocycles. The lowest BCUT2D eigenvalue weighted by Crippen LogP contribution is -2.60. The molecule has 0 amide bonds. The van der Waals surface area contributed by atoms with Crippen molar-refractivity contribution in [3.63, 3.8) is 0 Å². The highest BCUT2D eigenvalue weighted by atomic mass is 16.7. The fourth-order valence-electron chi connectivity index (χ4n) is 4.36. The van der Waals surface area contributed by atoms with Crippen molar-refractivity contribution in [3.8, 4) is 23.0 Å². The second-order valence-electron chi connectivity index (χ2n) is 10.0. The number of aromatic hydroxyl groups is 2. The second-order valence-corrected chi connectivity index (χ2v) is 10.0. The van der Waals surface area contributed by atoms with Crippen molar-refractivity contribution in [2.24, 2.45) is 0 Å². The van der Waals surface area contributed by atoms with Gasteiger partial charge in [-0.25, -0.2) is 4.79 Å². The lowest BCUT2D eigenvalue weighted by atomic mass is 9.99. The first-order valence-electron chi connectivity index (χ1n) is 13.1. The first kappa shape index (κ1) is 32.4. The monoisotopic (exact) mass is 610 g/mol. The van der Waals surface area contributed by atoms with Crippen LogP contribution >= 0.6 is 0 Å². The van der Waals surface area contributed by atoms with Crippen molar-refractivity contribution in [1.82, 2.24) is 0 Å². The Morgan fingerprint density at radius 2 is 1.77 bits per heavy atom. The van der Waals surface area contributed by atoms with Crippen molar-refractivity contribution in [2.45, 2.75) is 55.3 Å². The van der Waals surface area contributed by atoms with E-state index in [4.69, 9.17) is 28.4 Å². The molecule has 2 aromatic rings. The third-order valence-electron chi connectivity index (χ3n) is 6.93. The molecule has 0 radical (unpaired) electrons. The van der Waals surface area contributed by atoms with Gasteiger partial charge in [0.15, 0.2) is 34.9 Å². The molecule has 15 nitrogen and oxygen atoms in total. The van der Waals surface area contributed by atoms with Gasteiger partial charge in [-0.1, -0.05) is 12.1 Å². The van der Waals surface area contributed by atoms with Crippen LogP contribution in [-0.4, -0.2) is 122 Å². The number of carbonyl (C=O) groups excluding carboxylic acids is 1. The zero-order valence-corrected chi connectivity index (χ0v) is 22.9. The maximum absolute atomic E-state index is 12.2. The number of aliphatic hydroxyl groups excluding tert-OH is 5. The van der Waals surface area contributed by atoms with Crippen molar-refractivity contribution >= 4 is 12.0 Å². The minimum atomic E-state index is -2.04. The second kappa shape index (κ2) is 13.9. The van der Waals surface area contributed by atoms with E-state index in [2.05, 4.69) is 0 Å². The minimum Gasteiger partial charge on any atom is -0.504 e. The van der Waals surface area contributed by atoms with Crippen LogP contribution in [0.15, 0.2) is 42.5 Å². The van der Waals surface area contributed by atoms with E-state index in [9.17, 15) is 45.6 Å². The number of benzene rings is 2. The highest BCUT2D eigenvalue weighted by Crippen LogP contribution is 2.32. The average Bonchev–Trinajstić information content (AvgIpc) is 3.29. The first-order valence-corrected chi connectivity index (χ1v) is 13.1. The summed E-state index contributed by atoms with van der Waals surface area (Å²) in [7, 11) is 1.38. The number of esters is 1. The number of rotatable bonds is 11. The molecule has 0 aliphatic carbocycles. The summed E-state index contributed by atoms with van der Waals surface area (Å²) >= 11 is 0. The number of phenolic OH excluding ortho intramolecular Hbond substituents is 2. The summed E-state index contributed by atoms with van der Waals surface area (Å²) in [5.74, 6) is -1.21. The molecular weight excluding hydrogens is 576 g/mol. The Morgan fingerprint density at radius 3 is 2.47 bits per heavy atom. The number of aliphatic hydroxyl groups is 6. The molecular formula is C28H34O15. The number of phenols is 2. The summed E-state index contributed by atoms with van der Waals surface area (Å²) in [6, 6.07) is 8.41. The minimum absolute atomic E-state index is 0.0756. The molecule has 0 spiro atoms. The lowest BCUT2D eigenvalue weighted by molar-refractivity contribution is -0.289. The van der Waals surface area contributed by atoms with Crippen LogP contribution in [0.3, 0.4) is 0 Å². The van der Waals surface area contributed by atoms with Crippen molar-refractivity contribution in [2.75, 3.05) is 26.9 Å². The van der Waals surface area contributed by atoms with Gasteiger partial charge in [-0.3, -0.25) is 0 Å². The van der Waals surface area contributed by atoms with Gasteiger partial charge in [0.1, 0.15) is 37.1 Å². The van der Waals surface area contributed by atoms with Crippen molar-refractivity contribution < 1.29 is 74.1 Å². The molecule has 4 rings (SSSR count). The summed E-state index contributed by atoms with van der Waals surface area (Å²) in [4.78, 5) is 12.2. The molecule has 2 heterocycles. The molecule has 0 unspecified atom stereocenters. The quantitative estimate of drug-likeness (QED) is 0.107. The van der Waals surface area contributed by atoms with Gasteiger partial charge in [0.2, 0.25) is 6.29 Å². The van der Waals surface area contributed by atoms with Crippen LogP contribution in [0.4, 0.5) is 0 Å². The van der Waals surface area contributed by atoms with E-state index in [1.807, 2.05) is 0 Å². The van der Waals surface area contributed by atoms with Crippen molar-refractivity contribution in [3.05, 3.63) is 53.6 Å². The van der Waals surface area contributed by atoms with Gasteiger partial charge in [0, 0.05) is 6.08 Å². The molecule has 0 bridgehead atoms. The lowest BCUT2D eigenvalue weighted by Gasteiger charge is -2.40. The van der Waals surface area contributed by atoms with E-state index in [-0.39, 0.29) is 29.6 Å². The number of ether oxygens (including phenoxy) is 6. The van der Waals surface area contributed by atoms with E-state index in [1.165, 1.54) is 49.6 Å². The summed E-state index contributed by atoms with van der Waals surface area (Å²) in [6.07, 6.45) is -8.66. The largest absolute Gasteiger partial charge is 0.504 e. The topological polar surface area (TPSA) is 234 Å². The molecule has 15 heteroatoms. The third-order valence-corrected chi connectivity index (χ3v) is 6.93. The average molecular weight is 611 g/mol. The first-order chi connectivity index (χ1) is 20.4. The molecule has 0 saturated carbocycles. The Bertz CT molecular complexity index is 1280. The Morgan fingerprint density at radius 1 is 1.00 bits per heavy atom. The fourth-order valence-corrected chi connectivity index (χ4v) is 4.36. The highest BCUT2D eigenvalue weighted by Gasteiger charge is 2.51. The maximum Gasteiger partial charge on any atom is 0.330 e. The molecule has 2 aromatic carbocycles.